The van der Waals surface area contributed by atoms with E-state index in [4.69, 9.17) is 4.74 Å². The van der Waals surface area contributed by atoms with Crippen molar-refractivity contribution in [2.45, 2.75) is 76.4 Å². The Labute approximate surface area is 182 Å². The third-order valence-electron chi connectivity index (χ3n) is 8.14. The first-order valence-electron chi connectivity index (χ1n) is 12.5. The maximum absolute atomic E-state index is 13.3. The van der Waals surface area contributed by atoms with Crippen molar-refractivity contribution in [3.05, 3.63) is 35.4 Å². The smallest absolute Gasteiger partial charge is 0.225 e. The van der Waals surface area contributed by atoms with Crippen LogP contribution in [0.25, 0.3) is 0 Å². The highest BCUT2D eigenvalue weighted by atomic mass is 16.5. The minimum atomic E-state index is 0.271. The van der Waals surface area contributed by atoms with E-state index in [1.807, 2.05) is 0 Å². The van der Waals surface area contributed by atoms with Crippen molar-refractivity contribution in [1.29, 1.82) is 0 Å². The van der Waals surface area contributed by atoms with Gasteiger partial charge in [-0.3, -0.25) is 9.69 Å². The lowest BCUT2D eigenvalue weighted by Crippen LogP contribution is -2.47. The quantitative estimate of drug-likeness (QED) is 0.709. The van der Waals surface area contributed by atoms with Gasteiger partial charge in [-0.15, -0.1) is 0 Å². The first kappa shape index (κ1) is 20.5. The van der Waals surface area contributed by atoms with E-state index < -0.39 is 0 Å². The molecule has 0 unspecified atom stereocenters. The van der Waals surface area contributed by atoms with Crippen LogP contribution in [-0.4, -0.2) is 60.6 Å². The standard InChI is InChI=1S/C26H38N2O2/c29-26(21-6-1-2-7-21)28(19-25-10-5-15-30-25)18-20-11-13-27(14-12-20)24-16-22-8-3-4-9-23(22)17-24/h3-4,8-9,20-21,24-25H,1-2,5-7,10-19H2/t25-/m1/s1. The molecule has 5 rings (SSSR count). The number of ether oxygens (including phenoxy) is 1. The molecule has 0 bridgehead atoms. The number of fused-ring (bicyclic) bond motifs is 1. The highest BCUT2D eigenvalue weighted by Crippen LogP contribution is 2.31. The summed E-state index contributed by atoms with van der Waals surface area (Å²) in [6.07, 6.45) is 12.1. The summed E-state index contributed by atoms with van der Waals surface area (Å²) in [7, 11) is 0. The van der Waals surface area contributed by atoms with E-state index in [0.29, 0.717) is 17.9 Å². The Bertz CT molecular complexity index is 690. The van der Waals surface area contributed by atoms with E-state index in [1.165, 1.54) is 51.6 Å². The summed E-state index contributed by atoms with van der Waals surface area (Å²) in [6.45, 7) is 5.03. The van der Waals surface area contributed by atoms with E-state index in [0.717, 1.165) is 45.4 Å². The van der Waals surface area contributed by atoms with Crippen LogP contribution in [-0.2, 0) is 22.4 Å². The van der Waals surface area contributed by atoms with Crippen molar-refractivity contribution in [3.63, 3.8) is 0 Å². The van der Waals surface area contributed by atoms with Crippen LogP contribution < -0.4 is 0 Å². The lowest BCUT2D eigenvalue weighted by Gasteiger charge is -2.38. The summed E-state index contributed by atoms with van der Waals surface area (Å²) in [6, 6.07) is 9.65. The topological polar surface area (TPSA) is 32.8 Å². The minimum absolute atomic E-state index is 0.271. The van der Waals surface area contributed by atoms with Crippen LogP contribution in [0.3, 0.4) is 0 Å². The molecule has 2 aliphatic carbocycles. The fourth-order valence-corrected chi connectivity index (χ4v) is 6.33. The van der Waals surface area contributed by atoms with Crippen LogP contribution in [0.5, 0.6) is 0 Å². The van der Waals surface area contributed by atoms with Gasteiger partial charge in [0.15, 0.2) is 0 Å². The van der Waals surface area contributed by atoms with E-state index >= 15 is 0 Å². The number of rotatable bonds is 6. The zero-order chi connectivity index (χ0) is 20.3. The van der Waals surface area contributed by atoms with Gasteiger partial charge in [-0.1, -0.05) is 37.1 Å². The molecule has 30 heavy (non-hydrogen) atoms. The predicted octanol–water partition coefficient (Wildman–Crippen LogP) is 4.06. The highest BCUT2D eigenvalue weighted by molar-refractivity contribution is 5.79. The zero-order valence-electron chi connectivity index (χ0n) is 18.4. The summed E-state index contributed by atoms with van der Waals surface area (Å²) in [4.78, 5) is 18.2. The van der Waals surface area contributed by atoms with Crippen LogP contribution in [0.2, 0.25) is 0 Å². The van der Waals surface area contributed by atoms with Gasteiger partial charge in [0, 0.05) is 31.7 Å². The third kappa shape index (κ3) is 4.60. The fourth-order valence-electron chi connectivity index (χ4n) is 6.33. The number of piperidine rings is 1. The number of carbonyl (C=O) groups is 1. The molecule has 0 aromatic heterocycles. The van der Waals surface area contributed by atoms with Crippen LogP contribution in [0.1, 0.15) is 62.5 Å². The summed E-state index contributed by atoms with van der Waals surface area (Å²) in [5.41, 5.74) is 3.10. The molecule has 2 aliphatic heterocycles. The zero-order valence-corrected chi connectivity index (χ0v) is 18.4. The Hall–Kier alpha value is -1.39. The second-order valence-electron chi connectivity index (χ2n) is 10.2. The maximum atomic E-state index is 13.3. The number of nitrogens with zero attached hydrogens (tertiary/aromatic N) is 2. The van der Waals surface area contributed by atoms with Gasteiger partial charge in [0.2, 0.25) is 5.91 Å². The lowest BCUT2D eigenvalue weighted by molar-refractivity contribution is -0.138. The molecular formula is C26H38N2O2. The molecule has 4 nitrogen and oxygen atoms in total. The number of amides is 1. The Morgan fingerprint density at radius 2 is 1.63 bits per heavy atom. The minimum Gasteiger partial charge on any atom is -0.376 e. The molecule has 2 heterocycles. The summed E-state index contributed by atoms with van der Waals surface area (Å²) in [5.74, 6) is 1.36. The molecule has 1 saturated carbocycles. The second kappa shape index (κ2) is 9.40. The largest absolute Gasteiger partial charge is 0.376 e. The monoisotopic (exact) mass is 410 g/mol. The molecule has 1 atom stereocenters. The summed E-state index contributed by atoms with van der Waals surface area (Å²) in [5, 5.41) is 0. The molecule has 3 fully saturated rings. The molecule has 0 N–H and O–H groups in total. The Balaban J connectivity index is 1.15. The predicted molar refractivity (Wildman–Crippen MR) is 119 cm³/mol. The molecule has 164 valence electrons. The average molecular weight is 411 g/mol. The van der Waals surface area contributed by atoms with E-state index in [1.54, 1.807) is 11.1 Å². The van der Waals surface area contributed by atoms with Crippen molar-refractivity contribution in [3.8, 4) is 0 Å². The maximum Gasteiger partial charge on any atom is 0.225 e. The van der Waals surface area contributed by atoms with Gasteiger partial charge < -0.3 is 9.64 Å². The Morgan fingerprint density at radius 1 is 0.933 bits per heavy atom. The number of hydrogen-bond acceptors (Lipinski definition) is 3. The molecule has 4 aliphatic rings. The van der Waals surface area contributed by atoms with Crippen molar-refractivity contribution in [2.24, 2.45) is 11.8 Å². The highest BCUT2D eigenvalue weighted by Gasteiger charge is 2.34. The average Bonchev–Trinajstić information content (AvgIpc) is 3.54. The van der Waals surface area contributed by atoms with Gasteiger partial charge in [0.25, 0.3) is 0 Å². The van der Waals surface area contributed by atoms with Crippen molar-refractivity contribution in [1.82, 2.24) is 9.80 Å². The molecule has 1 aromatic carbocycles. The number of carbonyl (C=O) groups excluding carboxylic acids is 1. The summed E-state index contributed by atoms with van der Waals surface area (Å²) < 4.78 is 5.90. The first-order valence-corrected chi connectivity index (χ1v) is 12.5. The molecule has 2 saturated heterocycles. The molecule has 1 amide bonds. The van der Waals surface area contributed by atoms with E-state index in [9.17, 15) is 4.79 Å². The van der Waals surface area contributed by atoms with Gasteiger partial charge in [0.05, 0.1) is 6.10 Å². The molecule has 4 heteroatoms. The number of hydrogen-bond donors (Lipinski definition) is 0. The fraction of sp³-hybridized carbons (Fsp3) is 0.731. The van der Waals surface area contributed by atoms with Gasteiger partial charge >= 0.3 is 0 Å². The Kier molecular flexibility index (Phi) is 6.42. The lowest BCUT2D eigenvalue weighted by atomic mass is 9.93. The van der Waals surface area contributed by atoms with Gasteiger partial charge in [-0.05, 0) is 81.5 Å². The Morgan fingerprint density at radius 3 is 2.27 bits per heavy atom. The van der Waals surface area contributed by atoms with Gasteiger partial charge in [-0.25, -0.2) is 0 Å². The molecular weight excluding hydrogens is 372 g/mol. The van der Waals surface area contributed by atoms with E-state index in [2.05, 4.69) is 34.1 Å². The molecule has 1 aromatic rings. The summed E-state index contributed by atoms with van der Waals surface area (Å²) >= 11 is 0. The van der Waals surface area contributed by atoms with Gasteiger partial charge in [0.1, 0.15) is 0 Å². The molecule has 0 spiro atoms. The first-order chi connectivity index (χ1) is 14.8. The van der Waals surface area contributed by atoms with Gasteiger partial charge in [-0.2, -0.15) is 0 Å². The third-order valence-corrected chi connectivity index (χ3v) is 8.14. The van der Waals surface area contributed by atoms with Crippen molar-refractivity contribution < 1.29 is 9.53 Å². The van der Waals surface area contributed by atoms with Crippen LogP contribution in [0, 0.1) is 11.8 Å². The second-order valence-corrected chi connectivity index (χ2v) is 10.2. The van der Waals surface area contributed by atoms with Crippen LogP contribution >= 0.6 is 0 Å². The molecule has 0 radical (unpaired) electrons. The van der Waals surface area contributed by atoms with Crippen molar-refractivity contribution in [2.75, 3.05) is 32.8 Å². The van der Waals surface area contributed by atoms with Crippen molar-refractivity contribution >= 4 is 5.91 Å². The SMILES string of the molecule is O=C(C1CCCC1)N(CC1CCN(C2Cc3ccccc3C2)CC1)C[C@H]1CCCO1. The number of benzene rings is 1. The number of likely N-dealkylation sites (tertiary alicyclic amines) is 1. The normalized spacial score (nSPS) is 26.3. The van der Waals surface area contributed by atoms with Crippen LogP contribution in [0.15, 0.2) is 24.3 Å². The van der Waals surface area contributed by atoms with E-state index in [-0.39, 0.29) is 12.0 Å². The van der Waals surface area contributed by atoms with Crippen LogP contribution in [0.4, 0.5) is 0 Å².